The molecule has 2 aromatic carbocycles. The Kier molecular flexibility index (Phi) is 6.46. The molecule has 43 heavy (non-hydrogen) atoms. The van der Waals surface area contributed by atoms with E-state index in [4.69, 9.17) is 9.84 Å². The smallest absolute Gasteiger partial charge is 0.282 e. The van der Waals surface area contributed by atoms with Gasteiger partial charge in [0.05, 0.1) is 36.5 Å². The van der Waals surface area contributed by atoms with E-state index >= 15 is 0 Å². The number of rotatable bonds is 8. The molecule has 5 aromatic heterocycles. The zero-order valence-electron chi connectivity index (χ0n) is 23.9. The number of benzene rings is 2. The first-order valence-electron chi connectivity index (χ1n) is 13.9. The first-order valence-corrected chi connectivity index (χ1v) is 13.9. The van der Waals surface area contributed by atoms with Gasteiger partial charge in [0.25, 0.3) is 5.56 Å². The fourth-order valence-corrected chi connectivity index (χ4v) is 5.48. The summed E-state index contributed by atoms with van der Waals surface area (Å²) >= 11 is 0. The summed E-state index contributed by atoms with van der Waals surface area (Å²) in [7, 11) is 1.67. The monoisotopic (exact) mass is 571 g/mol. The summed E-state index contributed by atoms with van der Waals surface area (Å²) in [5, 5.41) is 13.7. The average molecular weight is 572 g/mol. The number of nitrogens with zero attached hydrogens (tertiary/aromatic N) is 7. The lowest BCUT2D eigenvalue weighted by molar-refractivity contribution is 0.407. The molecule has 0 radical (unpaired) electrons. The van der Waals surface area contributed by atoms with Gasteiger partial charge in [0.1, 0.15) is 35.4 Å². The molecule has 0 spiro atoms. The summed E-state index contributed by atoms with van der Waals surface area (Å²) in [5.41, 5.74) is 6.50. The first-order chi connectivity index (χ1) is 21.0. The van der Waals surface area contributed by atoms with Crippen LogP contribution in [-0.2, 0) is 6.54 Å². The van der Waals surface area contributed by atoms with Crippen LogP contribution in [0.1, 0.15) is 29.7 Å². The number of aromatic amines is 1. The number of aromatic nitrogens is 8. The third-order valence-corrected chi connectivity index (χ3v) is 7.63. The highest BCUT2D eigenvalue weighted by Gasteiger charge is 2.20. The molecule has 0 aliphatic heterocycles. The molecular weight excluding hydrogens is 542 g/mol. The lowest BCUT2D eigenvalue weighted by Crippen LogP contribution is -2.23. The minimum absolute atomic E-state index is 0.139. The molecule has 7 rings (SSSR count). The Labute approximate surface area is 246 Å². The van der Waals surface area contributed by atoms with Crippen LogP contribution in [0.25, 0.3) is 33.5 Å². The molecule has 0 bridgehead atoms. The Morgan fingerprint density at radius 1 is 1.05 bits per heavy atom. The molecule has 11 nitrogen and oxygen atoms in total. The topological polar surface area (TPSA) is 120 Å². The molecule has 0 fully saturated rings. The molecule has 0 saturated carbocycles. The van der Waals surface area contributed by atoms with Gasteiger partial charge >= 0.3 is 0 Å². The van der Waals surface area contributed by atoms with Crippen LogP contribution in [0.5, 0.6) is 5.75 Å². The Bertz CT molecular complexity index is 2150. The molecule has 2 N–H and O–H groups in total. The van der Waals surface area contributed by atoms with Crippen molar-refractivity contribution < 1.29 is 4.74 Å². The van der Waals surface area contributed by atoms with Gasteiger partial charge < -0.3 is 15.0 Å². The molecule has 7 aromatic rings. The van der Waals surface area contributed by atoms with Gasteiger partial charge in [0.15, 0.2) is 0 Å². The van der Waals surface area contributed by atoms with Crippen LogP contribution in [0.15, 0.2) is 96.7 Å². The summed E-state index contributed by atoms with van der Waals surface area (Å²) in [4.78, 5) is 25.7. The second-order valence-corrected chi connectivity index (χ2v) is 10.4. The van der Waals surface area contributed by atoms with Crippen molar-refractivity contribution >= 4 is 22.4 Å². The second-order valence-electron chi connectivity index (χ2n) is 10.4. The van der Waals surface area contributed by atoms with Crippen LogP contribution >= 0.6 is 0 Å². The van der Waals surface area contributed by atoms with Gasteiger partial charge in [0.2, 0.25) is 0 Å². The number of H-pyrrole nitrogens is 1. The van der Waals surface area contributed by atoms with E-state index in [1.54, 1.807) is 34.8 Å². The SMILES string of the molecule is COc1ccccc1Cn1ccc(-c2c[nH]c3ncnc(NC(C)c4ccc(C)cc4-n4cnn5cccc5c4=O)c23)n1. The van der Waals surface area contributed by atoms with Crippen molar-refractivity contribution in [1.82, 2.24) is 38.9 Å². The van der Waals surface area contributed by atoms with E-state index in [-0.39, 0.29) is 11.6 Å². The predicted octanol–water partition coefficient (Wildman–Crippen LogP) is 5.16. The summed E-state index contributed by atoms with van der Waals surface area (Å²) in [6, 6.07) is 19.3. The third kappa shape index (κ3) is 4.70. The number of nitrogens with one attached hydrogen (secondary N) is 2. The highest BCUT2D eigenvalue weighted by molar-refractivity contribution is 6.00. The largest absolute Gasteiger partial charge is 0.496 e. The zero-order chi connectivity index (χ0) is 29.5. The van der Waals surface area contributed by atoms with Crippen molar-refractivity contribution in [3.05, 3.63) is 119 Å². The zero-order valence-corrected chi connectivity index (χ0v) is 23.9. The fraction of sp³-hybridized carbons (Fsp3) is 0.156. The number of hydrogen-bond acceptors (Lipinski definition) is 7. The Morgan fingerprint density at radius 2 is 1.93 bits per heavy atom. The number of ether oxygens (including phenoxy) is 1. The van der Waals surface area contributed by atoms with Crippen LogP contribution in [0, 0.1) is 6.92 Å². The van der Waals surface area contributed by atoms with Crippen LogP contribution < -0.4 is 15.6 Å². The van der Waals surface area contributed by atoms with Gasteiger partial charge in [-0.1, -0.05) is 30.3 Å². The van der Waals surface area contributed by atoms with Crippen molar-refractivity contribution in [1.29, 1.82) is 0 Å². The van der Waals surface area contributed by atoms with Crippen molar-refractivity contribution in [2.45, 2.75) is 26.4 Å². The lowest BCUT2D eigenvalue weighted by atomic mass is 10.0. The molecule has 0 amide bonds. The Morgan fingerprint density at radius 3 is 2.81 bits per heavy atom. The maximum absolute atomic E-state index is 13.4. The van der Waals surface area contributed by atoms with Gasteiger partial charge in [-0.3, -0.25) is 14.0 Å². The van der Waals surface area contributed by atoms with E-state index in [0.29, 0.717) is 23.5 Å². The fourth-order valence-electron chi connectivity index (χ4n) is 5.48. The minimum atomic E-state index is -0.213. The van der Waals surface area contributed by atoms with Gasteiger partial charge in [-0.05, 0) is 55.3 Å². The van der Waals surface area contributed by atoms with E-state index in [2.05, 4.69) is 25.4 Å². The lowest BCUT2D eigenvalue weighted by Gasteiger charge is -2.20. The van der Waals surface area contributed by atoms with Crippen molar-refractivity contribution in [2.24, 2.45) is 0 Å². The average Bonchev–Trinajstić information content (AvgIpc) is 3.78. The van der Waals surface area contributed by atoms with Crippen LogP contribution in [0.2, 0.25) is 0 Å². The standard InChI is InChI=1S/C32H29N9O2/c1-20-10-11-23(27(15-20)40-19-36-41-13-6-8-26(41)32(40)42)21(2)37-31-29-24(16-33-30(29)34-18-35-31)25-12-14-39(38-25)17-22-7-4-5-9-28(22)43-3/h4-16,18-19,21H,17H2,1-3H3,(H2,33,34,35,37). The molecule has 0 aliphatic rings. The number of fused-ring (bicyclic) bond motifs is 2. The Balaban J connectivity index is 1.24. The highest BCUT2D eigenvalue weighted by atomic mass is 16.5. The highest BCUT2D eigenvalue weighted by Crippen LogP contribution is 2.34. The molecule has 11 heteroatoms. The van der Waals surface area contributed by atoms with Crippen LogP contribution in [0.3, 0.4) is 0 Å². The first kappa shape index (κ1) is 26.2. The number of hydrogen-bond donors (Lipinski definition) is 2. The minimum Gasteiger partial charge on any atom is -0.496 e. The molecule has 214 valence electrons. The number of para-hydroxylation sites is 1. The number of anilines is 1. The molecule has 0 saturated heterocycles. The summed E-state index contributed by atoms with van der Waals surface area (Å²) in [5.74, 6) is 1.48. The third-order valence-electron chi connectivity index (χ3n) is 7.63. The number of methoxy groups -OCH3 is 1. The maximum atomic E-state index is 13.4. The molecule has 1 atom stereocenters. The van der Waals surface area contributed by atoms with Gasteiger partial charge in [-0.2, -0.15) is 10.2 Å². The van der Waals surface area contributed by atoms with Crippen LogP contribution in [-0.4, -0.2) is 46.0 Å². The second kappa shape index (κ2) is 10.6. The molecule has 0 aliphatic carbocycles. The van der Waals surface area contributed by atoms with E-state index in [1.807, 2.05) is 85.5 Å². The van der Waals surface area contributed by atoms with Gasteiger partial charge in [-0.15, -0.1) is 0 Å². The molecule has 5 heterocycles. The summed E-state index contributed by atoms with van der Waals surface area (Å²) in [6.45, 7) is 4.63. The summed E-state index contributed by atoms with van der Waals surface area (Å²) in [6.07, 6.45) is 8.71. The van der Waals surface area contributed by atoms with Crippen molar-refractivity contribution in [3.8, 4) is 22.7 Å². The van der Waals surface area contributed by atoms with E-state index in [0.717, 1.165) is 44.8 Å². The van der Waals surface area contributed by atoms with Gasteiger partial charge in [0, 0.05) is 29.7 Å². The summed E-state index contributed by atoms with van der Waals surface area (Å²) < 4.78 is 10.6. The van der Waals surface area contributed by atoms with E-state index < -0.39 is 0 Å². The van der Waals surface area contributed by atoms with E-state index in [1.165, 1.54) is 6.33 Å². The Hall–Kier alpha value is -5.71. The van der Waals surface area contributed by atoms with Crippen LogP contribution in [0.4, 0.5) is 5.82 Å². The number of aryl methyl sites for hydroxylation is 1. The predicted molar refractivity (Wildman–Crippen MR) is 165 cm³/mol. The van der Waals surface area contributed by atoms with E-state index in [9.17, 15) is 4.79 Å². The molecule has 1 unspecified atom stereocenters. The quantitative estimate of drug-likeness (QED) is 0.259. The van der Waals surface area contributed by atoms with Crippen molar-refractivity contribution in [2.75, 3.05) is 12.4 Å². The van der Waals surface area contributed by atoms with Crippen molar-refractivity contribution in [3.63, 3.8) is 0 Å². The normalized spacial score (nSPS) is 12.2. The maximum Gasteiger partial charge on any atom is 0.282 e. The van der Waals surface area contributed by atoms with Gasteiger partial charge in [-0.25, -0.2) is 14.5 Å². The molecular formula is C32H29N9O2.